The molecule has 0 heterocycles. The molecule has 0 unspecified atom stereocenters. The fourth-order valence-corrected chi connectivity index (χ4v) is 4.64. The lowest BCUT2D eigenvalue weighted by atomic mass is 9.65. The van der Waals surface area contributed by atoms with Crippen LogP contribution in [0.2, 0.25) is 0 Å². The van der Waals surface area contributed by atoms with Gasteiger partial charge in [-0.15, -0.1) is 0 Å². The number of alkyl halides is 1. The zero-order valence-corrected chi connectivity index (χ0v) is 10.8. The van der Waals surface area contributed by atoms with Crippen LogP contribution in [0.25, 0.3) is 0 Å². The second-order valence-electron chi connectivity index (χ2n) is 5.21. The Labute approximate surface area is 102 Å². The van der Waals surface area contributed by atoms with E-state index < -0.39 is 33.8 Å². The Morgan fingerprint density at radius 2 is 1.88 bits per heavy atom. The predicted octanol–water partition coefficient (Wildman–Crippen LogP) is 1.41. The third-order valence-electron chi connectivity index (χ3n) is 4.81. The van der Waals surface area contributed by atoms with Crippen molar-refractivity contribution in [2.24, 2.45) is 16.2 Å². The van der Waals surface area contributed by atoms with Gasteiger partial charge in [-0.2, -0.15) is 0 Å². The van der Waals surface area contributed by atoms with Gasteiger partial charge in [-0.25, -0.2) is 0 Å². The van der Waals surface area contributed by atoms with E-state index in [0.29, 0.717) is 11.8 Å². The number of hydrogen-bond acceptors (Lipinski definition) is 3. The molecule has 2 fully saturated rings. The van der Waals surface area contributed by atoms with Crippen LogP contribution in [0.5, 0.6) is 0 Å². The van der Waals surface area contributed by atoms with Crippen LogP contribution < -0.4 is 0 Å². The molecule has 16 heavy (non-hydrogen) atoms. The van der Waals surface area contributed by atoms with E-state index in [9.17, 15) is 19.5 Å². The average Bonchev–Trinajstić information content (AvgIpc) is 2.51. The molecule has 0 saturated heterocycles. The molecular weight excluding hydrogens is 276 g/mol. The first-order valence-electron chi connectivity index (χ1n) is 5.16. The van der Waals surface area contributed by atoms with Gasteiger partial charge >= 0.3 is 5.97 Å². The molecule has 0 spiro atoms. The molecule has 2 aliphatic carbocycles. The monoisotopic (exact) mass is 288 g/mol. The van der Waals surface area contributed by atoms with Crippen LogP contribution in [-0.2, 0) is 14.4 Å². The minimum absolute atomic E-state index is 0.269. The molecule has 2 saturated carbocycles. The number of hydrogen-bond donors (Lipinski definition) is 1. The molecule has 2 aliphatic rings. The molecule has 0 aromatic heterocycles. The quantitative estimate of drug-likeness (QED) is 0.474. The van der Waals surface area contributed by atoms with E-state index in [0.717, 1.165) is 0 Å². The predicted molar refractivity (Wildman–Crippen MR) is 59.3 cm³/mol. The molecule has 2 rings (SSSR count). The summed E-state index contributed by atoms with van der Waals surface area (Å²) in [6.45, 7) is 3.44. The largest absolute Gasteiger partial charge is 0.480 e. The van der Waals surface area contributed by atoms with Crippen molar-refractivity contribution in [1.82, 2.24) is 0 Å². The van der Waals surface area contributed by atoms with Crippen molar-refractivity contribution in [3.63, 3.8) is 0 Å². The van der Waals surface area contributed by atoms with Crippen LogP contribution in [0.15, 0.2) is 0 Å². The molecule has 0 radical (unpaired) electrons. The summed E-state index contributed by atoms with van der Waals surface area (Å²) < 4.78 is 0. The lowest BCUT2D eigenvalue weighted by Gasteiger charge is -2.36. The second kappa shape index (κ2) is 2.94. The maximum atomic E-state index is 12.0. The van der Waals surface area contributed by atoms with E-state index in [1.165, 1.54) is 0 Å². The number of carbonyl (C=O) groups is 3. The Balaban J connectivity index is 2.72. The van der Waals surface area contributed by atoms with E-state index >= 15 is 0 Å². The van der Waals surface area contributed by atoms with Gasteiger partial charge in [-0.05, 0) is 12.8 Å². The van der Waals surface area contributed by atoms with Crippen molar-refractivity contribution in [2.75, 3.05) is 5.33 Å². The SMILES string of the molecule is CC1(C)[C@@]2(CBr)CC[C@@]1(C(=O)O)C(=O)C2=O. The van der Waals surface area contributed by atoms with Crippen LogP contribution in [0, 0.1) is 16.2 Å². The lowest BCUT2D eigenvalue weighted by molar-refractivity contribution is -0.160. The highest BCUT2D eigenvalue weighted by Crippen LogP contribution is 2.69. The van der Waals surface area contributed by atoms with Crippen LogP contribution in [0.3, 0.4) is 0 Å². The molecule has 0 aromatic rings. The fraction of sp³-hybridized carbons (Fsp3) is 0.727. The molecule has 2 atom stereocenters. The molecule has 88 valence electrons. The number of carboxylic acids is 1. The highest BCUT2D eigenvalue weighted by atomic mass is 79.9. The number of aliphatic carboxylic acids is 1. The van der Waals surface area contributed by atoms with Crippen molar-refractivity contribution in [2.45, 2.75) is 26.7 Å². The van der Waals surface area contributed by atoms with E-state index in [1.807, 2.05) is 0 Å². The summed E-state index contributed by atoms with van der Waals surface area (Å²) in [4.78, 5) is 35.4. The Morgan fingerprint density at radius 1 is 1.31 bits per heavy atom. The third kappa shape index (κ3) is 0.826. The molecular formula is C11H13BrO4. The number of ketones is 2. The van der Waals surface area contributed by atoms with Crippen LogP contribution in [0.4, 0.5) is 0 Å². The summed E-state index contributed by atoms with van der Waals surface area (Å²) in [5.41, 5.74) is -3.15. The standard InChI is InChI=1S/C11H13BrO4/c1-9(2)10(5-12)3-4-11(9,8(15)16)7(14)6(10)13/h3-5H2,1-2H3,(H,15,16)/t10-,11+/m1/s1. The topological polar surface area (TPSA) is 71.4 Å². The van der Waals surface area contributed by atoms with Gasteiger partial charge in [0, 0.05) is 10.7 Å². The molecule has 1 N–H and O–H groups in total. The summed E-state index contributed by atoms with van der Waals surface area (Å²) in [6, 6.07) is 0. The van der Waals surface area contributed by atoms with Crippen LogP contribution in [-0.4, -0.2) is 28.0 Å². The van der Waals surface area contributed by atoms with E-state index in [-0.39, 0.29) is 6.42 Å². The zero-order chi connectivity index (χ0) is 12.4. The average molecular weight is 289 g/mol. The highest BCUT2D eigenvalue weighted by Gasteiger charge is 2.79. The lowest BCUT2D eigenvalue weighted by Crippen LogP contribution is -2.44. The number of rotatable bonds is 2. The first-order chi connectivity index (χ1) is 7.28. The first kappa shape index (κ1) is 11.8. The summed E-state index contributed by atoms with van der Waals surface area (Å²) in [7, 11) is 0. The maximum absolute atomic E-state index is 12.0. The van der Waals surface area contributed by atoms with Crippen molar-refractivity contribution < 1.29 is 19.5 Å². The van der Waals surface area contributed by atoms with Crippen LogP contribution in [0.1, 0.15) is 26.7 Å². The van der Waals surface area contributed by atoms with Gasteiger partial charge in [0.25, 0.3) is 0 Å². The van der Waals surface area contributed by atoms with Crippen molar-refractivity contribution in [3.8, 4) is 0 Å². The molecule has 2 bridgehead atoms. The van der Waals surface area contributed by atoms with Gasteiger partial charge < -0.3 is 5.11 Å². The Morgan fingerprint density at radius 3 is 2.19 bits per heavy atom. The number of halogens is 1. The first-order valence-corrected chi connectivity index (χ1v) is 6.29. The zero-order valence-electron chi connectivity index (χ0n) is 9.17. The smallest absolute Gasteiger partial charge is 0.318 e. The van der Waals surface area contributed by atoms with Gasteiger partial charge in [-0.1, -0.05) is 29.8 Å². The number of carboxylic acid groups (broad SMARTS) is 1. The van der Waals surface area contributed by atoms with E-state index in [4.69, 9.17) is 0 Å². The van der Waals surface area contributed by atoms with E-state index in [2.05, 4.69) is 15.9 Å². The minimum atomic E-state index is -1.50. The molecule has 0 amide bonds. The van der Waals surface area contributed by atoms with E-state index in [1.54, 1.807) is 13.8 Å². The van der Waals surface area contributed by atoms with Crippen LogP contribution >= 0.6 is 15.9 Å². The third-order valence-corrected chi connectivity index (χ3v) is 5.77. The summed E-state index contributed by atoms with van der Waals surface area (Å²) in [6.07, 6.45) is 0.744. The van der Waals surface area contributed by atoms with Crippen molar-refractivity contribution >= 4 is 33.5 Å². The molecule has 0 aromatic carbocycles. The number of carbonyl (C=O) groups excluding carboxylic acids is 2. The van der Waals surface area contributed by atoms with Gasteiger partial charge in [-0.3, -0.25) is 14.4 Å². The summed E-state index contributed by atoms with van der Waals surface area (Å²) >= 11 is 3.27. The fourth-order valence-electron chi connectivity index (χ4n) is 3.41. The number of fused-ring (bicyclic) bond motifs is 2. The summed E-state index contributed by atoms with van der Waals surface area (Å²) in [5.74, 6) is -2.38. The molecule has 5 heteroatoms. The maximum Gasteiger partial charge on any atom is 0.318 e. The Kier molecular flexibility index (Phi) is 2.16. The Bertz CT molecular complexity index is 414. The Hall–Kier alpha value is -0.710. The van der Waals surface area contributed by atoms with Crippen molar-refractivity contribution in [3.05, 3.63) is 0 Å². The van der Waals surface area contributed by atoms with Gasteiger partial charge in [0.05, 0.1) is 5.41 Å². The summed E-state index contributed by atoms with van der Waals surface area (Å²) in [5, 5.41) is 9.69. The van der Waals surface area contributed by atoms with Crippen molar-refractivity contribution in [1.29, 1.82) is 0 Å². The minimum Gasteiger partial charge on any atom is -0.480 e. The highest BCUT2D eigenvalue weighted by molar-refractivity contribution is 9.09. The van der Waals surface area contributed by atoms with Gasteiger partial charge in [0.2, 0.25) is 11.6 Å². The van der Waals surface area contributed by atoms with Gasteiger partial charge in [0.15, 0.2) is 0 Å². The molecule has 0 aliphatic heterocycles. The molecule has 4 nitrogen and oxygen atoms in total. The normalized spacial score (nSPS) is 40.4. The second-order valence-corrected chi connectivity index (χ2v) is 5.77. The number of Topliss-reactive ketones (excluding diaryl/α,β-unsaturated/α-hetero) is 2. The van der Waals surface area contributed by atoms with Gasteiger partial charge in [0.1, 0.15) is 5.41 Å².